The van der Waals surface area contributed by atoms with Crippen molar-refractivity contribution < 1.29 is 9.84 Å². The molecule has 1 aliphatic rings. The summed E-state index contributed by atoms with van der Waals surface area (Å²) in [4.78, 5) is 2.26. The van der Waals surface area contributed by atoms with Crippen molar-refractivity contribution >= 4 is 0 Å². The summed E-state index contributed by atoms with van der Waals surface area (Å²) in [6.07, 6.45) is 4.18. The molecule has 5 heteroatoms. The average molecular weight is 253 g/mol. The Kier molecular flexibility index (Phi) is 3.92. The highest BCUT2D eigenvalue weighted by molar-refractivity contribution is 5.31. The van der Waals surface area contributed by atoms with Gasteiger partial charge in [-0.25, -0.2) is 0 Å². The Morgan fingerprint density at radius 2 is 2.22 bits per heavy atom. The quantitative estimate of drug-likeness (QED) is 0.880. The van der Waals surface area contributed by atoms with E-state index < -0.39 is 5.60 Å². The number of hydrogen-bond donors (Lipinski definition) is 1. The molecule has 0 saturated carbocycles. The maximum absolute atomic E-state index is 11.0. The molecule has 2 rings (SSSR count). The van der Waals surface area contributed by atoms with Gasteiger partial charge in [-0.3, -0.25) is 4.68 Å². The second-order valence-corrected chi connectivity index (χ2v) is 5.07. The molecule has 18 heavy (non-hydrogen) atoms. The topological polar surface area (TPSA) is 50.5 Å². The summed E-state index contributed by atoms with van der Waals surface area (Å²) in [7, 11) is 3.73. The largest absolute Gasteiger partial charge is 0.493 e. The number of aliphatic hydroxyl groups is 1. The van der Waals surface area contributed by atoms with E-state index in [-0.39, 0.29) is 0 Å². The maximum atomic E-state index is 11.0. The summed E-state index contributed by atoms with van der Waals surface area (Å²) in [6, 6.07) is 0. The molecule has 0 bridgehead atoms. The van der Waals surface area contributed by atoms with Crippen LogP contribution in [0.4, 0.5) is 0 Å². The minimum absolute atomic E-state index is 0.698. The molecular formula is C13H23N3O2. The van der Waals surface area contributed by atoms with Gasteiger partial charge in [0.25, 0.3) is 0 Å². The van der Waals surface area contributed by atoms with Crippen molar-refractivity contribution in [3.8, 4) is 5.75 Å². The summed E-state index contributed by atoms with van der Waals surface area (Å²) in [5, 5.41) is 15.3. The predicted molar refractivity (Wildman–Crippen MR) is 69.7 cm³/mol. The molecule has 1 N–H and O–H groups in total. The highest BCUT2D eigenvalue weighted by Crippen LogP contribution is 2.37. The summed E-state index contributed by atoms with van der Waals surface area (Å²) < 4.78 is 7.21. The SMILES string of the molecule is CCn1ncc(OC)c1C1(O)CCCN(C)CC1. The Hall–Kier alpha value is -1.07. The Morgan fingerprint density at radius 1 is 1.44 bits per heavy atom. The number of aromatic nitrogens is 2. The van der Waals surface area contributed by atoms with Gasteiger partial charge in [0.15, 0.2) is 5.75 Å². The van der Waals surface area contributed by atoms with Gasteiger partial charge in [0.2, 0.25) is 0 Å². The lowest BCUT2D eigenvalue weighted by Gasteiger charge is -2.28. The van der Waals surface area contributed by atoms with Gasteiger partial charge >= 0.3 is 0 Å². The number of ether oxygens (including phenoxy) is 1. The third kappa shape index (κ3) is 2.37. The van der Waals surface area contributed by atoms with Crippen molar-refractivity contribution in [1.82, 2.24) is 14.7 Å². The van der Waals surface area contributed by atoms with E-state index in [2.05, 4.69) is 17.0 Å². The van der Waals surface area contributed by atoms with E-state index in [1.54, 1.807) is 13.3 Å². The third-order valence-electron chi connectivity index (χ3n) is 3.80. The molecule has 5 nitrogen and oxygen atoms in total. The molecule has 102 valence electrons. The number of likely N-dealkylation sites (tertiary alicyclic amines) is 1. The second kappa shape index (κ2) is 5.28. The van der Waals surface area contributed by atoms with E-state index in [0.717, 1.165) is 44.6 Å². The van der Waals surface area contributed by atoms with Gasteiger partial charge in [-0.2, -0.15) is 5.10 Å². The Labute approximate surface area is 108 Å². The fourth-order valence-electron chi connectivity index (χ4n) is 2.72. The standard InChI is InChI=1S/C13H23N3O2/c1-4-16-12(11(18-3)10-14-16)13(17)6-5-8-15(2)9-7-13/h10,17H,4-9H2,1-3H3. The van der Waals surface area contributed by atoms with Crippen LogP contribution in [0.15, 0.2) is 6.20 Å². The van der Waals surface area contributed by atoms with Crippen molar-refractivity contribution in [2.45, 2.75) is 38.3 Å². The number of rotatable bonds is 3. The van der Waals surface area contributed by atoms with Crippen molar-refractivity contribution in [1.29, 1.82) is 0 Å². The normalized spacial score (nSPS) is 26.0. The van der Waals surface area contributed by atoms with Crippen LogP contribution in [-0.2, 0) is 12.1 Å². The minimum atomic E-state index is -0.817. The first-order chi connectivity index (χ1) is 8.60. The van der Waals surface area contributed by atoms with Crippen LogP contribution in [0.5, 0.6) is 5.75 Å². The molecule has 0 radical (unpaired) electrons. The van der Waals surface area contributed by atoms with E-state index in [0.29, 0.717) is 5.75 Å². The number of hydrogen-bond acceptors (Lipinski definition) is 4. The predicted octanol–water partition coefficient (Wildman–Crippen LogP) is 1.21. The molecule has 1 saturated heterocycles. The Balaban J connectivity index is 2.35. The van der Waals surface area contributed by atoms with Crippen molar-refractivity contribution in [3.63, 3.8) is 0 Å². The first kappa shape index (κ1) is 13.4. The molecule has 0 amide bonds. The van der Waals surface area contributed by atoms with E-state index >= 15 is 0 Å². The third-order valence-corrected chi connectivity index (χ3v) is 3.80. The maximum Gasteiger partial charge on any atom is 0.162 e. The van der Waals surface area contributed by atoms with Gasteiger partial charge in [0.1, 0.15) is 11.3 Å². The molecule has 1 fully saturated rings. The lowest BCUT2D eigenvalue weighted by Crippen LogP contribution is -2.31. The zero-order valence-corrected chi connectivity index (χ0v) is 11.5. The first-order valence-corrected chi connectivity index (χ1v) is 6.62. The van der Waals surface area contributed by atoms with Crippen LogP contribution in [0, 0.1) is 0 Å². The van der Waals surface area contributed by atoms with Crippen LogP contribution in [0.1, 0.15) is 31.9 Å². The monoisotopic (exact) mass is 253 g/mol. The van der Waals surface area contributed by atoms with E-state index in [4.69, 9.17) is 4.74 Å². The first-order valence-electron chi connectivity index (χ1n) is 6.62. The van der Waals surface area contributed by atoms with Crippen LogP contribution in [0.25, 0.3) is 0 Å². The van der Waals surface area contributed by atoms with E-state index in [9.17, 15) is 5.11 Å². The lowest BCUT2D eigenvalue weighted by atomic mass is 9.90. The average Bonchev–Trinajstić information content (AvgIpc) is 2.72. The molecule has 1 aliphatic heterocycles. The zero-order valence-electron chi connectivity index (χ0n) is 11.5. The Bertz CT molecular complexity index is 383. The second-order valence-electron chi connectivity index (χ2n) is 5.07. The zero-order chi connectivity index (χ0) is 13.2. The molecule has 2 heterocycles. The van der Waals surface area contributed by atoms with Gasteiger partial charge < -0.3 is 14.7 Å². The summed E-state index contributed by atoms with van der Waals surface area (Å²) in [5.41, 5.74) is 0.0191. The molecule has 1 unspecified atom stereocenters. The Morgan fingerprint density at radius 3 is 2.89 bits per heavy atom. The fourth-order valence-corrected chi connectivity index (χ4v) is 2.72. The number of nitrogens with zero attached hydrogens (tertiary/aromatic N) is 3. The van der Waals surface area contributed by atoms with Gasteiger partial charge in [-0.1, -0.05) is 0 Å². The highest BCUT2D eigenvalue weighted by atomic mass is 16.5. The van der Waals surface area contributed by atoms with Crippen LogP contribution in [-0.4, -0.2) is 47.0 Å². The molecule has 1 atom stereocenters. The van der Waals surface area contributed by atoms with Gasteiger partial charge in [-0.05, 0) is 39.8 Å². The number of aryl methyl sites for hydroxylation is 1. The van der Waals surface area contributed by atoms with Gasteiger partial charge in [0, 0.05) is 13.1 Å². The van der Waals surface area contributed by atoms with Crippen LogP contribution >= 0.6 is 0 Å². The van der Waals surface area contributed by atoms with E-state index in [1.807, 2.05) is 11.6 Å². The van der Waals surface area contributed by atoms with Crippen LogP contribution in [0.2, 0.25) is 0 Å². The fraction of sp³-hybridized carbons (Fsp3) is 0.769. The minimum Gasteiger partial charge on any atom is -0.493 e. The molecule has 1 aromatic heterocycles. The molecule has 0 spiro atoms. The van der Waals surface area contributed by atoms with Crippen molar-refractivity contribution in [2.24, 2.45) is 0 Å². The van der Waals surface area contributed by atoms with Crippen LogP contribution < -0.4 is 4.74 Å². The number of methoxy groups -OCH3 is 1. The van der Waals surface area contributed by atoms with Gasteiger partial charge in [-0.15, -0.1) is 0 Å². The highest BCUT2D eigenvalue weighted by Gasteiger charge is 2.37. The molecule has 0 aliphatic carbocycles. The van der Waals surface area contributed by atoms with Crippen molar-refractivity contribution in [2.75, 3.05) is 27.2 Å². The lowest BCUT2D eigenvalue weighted by molar-refractivity contribution is 0.0109. The molecular weight excluding hydrogens is 230 g/mol. The summed E-state index contributed by atoms with van der Waals surface area (Å²) >= 11 is 0. The summed E-state index contributed by atoms with van der Waals surface area (Å²) in [6.45, 7) is 4.71. The van der Waals surface area contributed by atoms with Crippen molar-refractivity contribution in [3.05, 3.63) is 11.9 Å². The molecule has 0 aromatic carbocycles. The summed E-state index contributed by atoms with van der Waals surface area (Å²) in [5.74, 6) is 0.698. The smallest absolute Gasteiger partial charge is 0.162 e. The van der Waals surface area contributed by atoms with Crippen LogP contribution in [0.3, 0.4) is 0 Å². The van der Waals surface area contributed by atoms with Gasteiger partial charge in [0.05, 0.1) is 13.3 Å². The van der Waals surface area contributed by atoms with E-state index in [1.165, 1.54) is 0 Å². The molecule has 1 aromatic rings.